The lowest BCUT2D eigenvalue weighted by Crippen LogP contribution is -1.93. The number of aromatic amines is 1. The van der Waals surface area contributed by atoms with E-state index in [9.17, 15) is 0 Å². The molecule has 3 rings (SSSR count). The molecule has 0 radical (unpaired) electrons. The first-order valence-corrected chi connectivity index (χ1v) is 5.88. The maximum absolute atomic E-state index is 5.63. The number of benzene rings is 1. The van der Waals surface area contributed by atoms with Crippen molar-refractivity contribution in [3.05, 3.63) is 54.6 Å². The Hall–Kier alpha value is -2.69. The number of nitrogens with zero attached hydrogens (tertiary/aromatic N) is 3. The number of hydrogen-bond donors (Lipinski definition) is 1. The number of imidazole rings is 1. The molecule has 0 amide bonds. The summed E-state index contributed by atoms with van der Waals surface area (Å²) in [5.74, 6) is 1.48. The van der Waals surface area contributed by atoms with E-state index in [2.05, 4.69) is 19.9 Å². The van der Waals surface area contributed by atoms with Crippen LogP contribution in [0.1, 0.15) is 5.69 Å². The Morgan fingerprint density at radius 3 is 2.84 bits per heavy atom. The van der Waals surface area contributed by atoms with Crippen molar-refractivity contribution in [3.8, 4) is 23.1 Å². The van der Waals surface area contributed by atoms with Gasteiger partial charge in [0.2, 0.25) is 0 Å². The number of nitrogens with one attached hydrogen (secondary N) is 1. The Morgan fingerprint density at radius 1 is 1.11 bits per heavy atom. The van der Waals surface area contributed by atoms with Crippen LogP contribution in [0, 0.1) is 6.92 Å². The normalized spacial score (nSPS) is 10.4. The van der Waals surface area contributed by atoms with Gasteiger partial charge in [-0.2, -0.15) is 0 Å². The van der Waals surface area contributed by atoms with E-state index < -0.39 is 0 Å². The first-order valence-electron chi connectivity index (χ1n) is 5.88. The molecule has 0 spiro atoms. The van der Waals surface area contributed by atoms with Crippen molar-refractivity contribution in [2.24, 2.45) is 0 Å². The maximum Gasteiger partial charge on any atom is 0.322 e. The molecule has 0 aliphatic heterocycles. The molecule has 94 valence electrons. The van der Waals surface area contributed by atoms with Crippen molar-refractivity contribution >= 4 is 0 Å². The van der Waals surface area contributed by atoms with E-state index >= 15 is 0 Å². The molecule has 0 saturated heterocycles. The molecule has 5 heteroatoms. The van der Waals surface area contributed by atoms with E-state index in [1.807, 2.05) is 37.3 Å². The number of ether oxygens (including phenoxy) is 1. The van der Waals surface area contributed by atoms with Gasteiger partial charge in [-0.25, -0.2) is 15.0 Å². The fourth-order valence-corrected chi connectivity index (χ4v) is 1.71. The van der Waals surface area contributed by atoms with Gasteiger partial charge in [0, 0.05) is 29.8 Å². The van der Waals surface area contributed by atoms with E-state index in [1.165, 1.54) is 0 Å². The largest absolute Gasteiger partial charge is 0.424 e. The molecular formula is C14H12N4O. The standard InChI is InChI=1S/C14H12N4O/c1-10-5-6-17-14(18-10)19-12-4-2-3-11(9-12)13-15-7-8-16-13/h2-9H,1H3,(H,15,16). The molecule has 1 N–H and O–H groups in total. The van der Waals surface area contributed by atoms with Crippen LogP contribution in [-0.4, -0.2) is 19.9 Å². The smallest absolute Gasteiger partial charge is 0.322 e. The van der Waals surface area contributed by atoms with Crippen molar-refractivity contribution < 1.29 is 4.74 Å². The zero-order valence-corrected chi connectivity index (χ0v) is 10.4. The average Bonchev–Trinajstić information content (AvgIpc) is 2.93. The lowest BCUT2D eigenvalue weighted by molar-refractivity contribution is 0.440. The van der Waals surface area contributed by atoms with Gasteiger partial charge in [-0.3, -0.25) is 0 Å². The second-order valence-corrected chi connectivity index (χ2v) is 4.05. The Bertz CT molecular complexity index is 679. The van der Waals surface area contributed by atoms with Crippen molar-refractivity contribution in [1.82, 2.24) is 19.9 Å². The lowest BCUT2D eigenvalue weighted by Gasteiger charge is -2.05. The minimum Gasteiger partial charge on any atom is -0.424 e. The van der Waals surface area contributed by atoms with E-state index in [1.54, 1.807) is 18.6 Å². The van der Waals surface area contributed by atoms with Crippen LogP contribution in [-0.2, 0) is 0 Å². The summed E-state index contributed by atoms with van der Waals surface area (Å²) >= 11 is 0. The predicted octanol–water partition coefficient (Wildman–Crippen LogP) is 2.97. The summed E-state index contributed by atoms with van der Waals surface area (Å²) in [5.41, 5.74) is 1.82. The van der Waals surface area contributed by atoms with Crippen molar-refractivity contribution in [2.45, 2.75) is 6.92 Å². The second kappa shape index (κ2) is 4.89. The monoisotopic (exact) mass is 252 g/mol. The Balaban J connectivity index is 1.88. The molecule has 19 heavy (non-hydrogen) atoms. The van der Waals surface area contributed by atoms with Crippen LogP contribution < -0.4 is 4.74 Å². The van der Waals surface area contributed by atoms with Gasteiger partial charge in [0.1, 0.15) is 11.6 Å². The molecule has 0 aliphatic rings. The topological polar surface area (TPSA) is 63.7 Å². The van der Waals surface area contributed by atoms with E-state index in [0.717, 1.165) is 17.1 Å². The van der Waals surface area contributed by atoms with Gasteiger partial charge in [0.15, 0.2) is 0 Å². The highest BCUT2D eigenvalue weighted by Gasteiger charge is 2.04. The Labute approximate surface area is 110 Å². The van der Waals surface area contributed by atoms with Crippen LogP contribution in [0.3, 0.4) is 0 Å². The van der Waals surface area contributed by atoms with Crippen LogP contribution in [0.2, 0.25) is 0 Å². The molecule has 2 aromatic heterocycles. The Morgan fingerprint density at radius 2 is 2.05 bits per heavy atom. The molecule has 0 atom stereocenters. The number of aromatic nitrogens is 4. The molecule has 0 bridgehead atoms. The number of hydrogen-bond acceptors (Lipinski definition) is 4. The summed E-state index contributed by atoms with van der Waals surface area (Å²) in [6, 6.07) is 9.79. The minimum absolute atomic E-state index is 0.344. The van der Waals surface area contributed by atoms with Crippen LogP contribution in [0.25, 0.3) is 11.4 Å². The zero-order valence-electron chi connectivity index (χ0n) is 10.4. The highest BCUT2D eigenvalue weighted by Crippen LogP contribution is 2.23. The number of aryl methyl sites for hydroxylation is 1. The van der Waals surface area contributed by atoms with Crippen molar-refractivity contribution in [3.63, 3.8) is 0 Å². The van der Waals surface area contributed by atoms with E-state index in [4.69, 9.17) is 4.74 Å². The SMILES string of the molecule is Cc1ccnc(Oc2cccc(-c3ncc[nH]3)c2)n1. The summed E-state index contributed by atoms with van der Waals surface area (Å²) in [5, 5.41) is 0. The summed E-state index contributed by atoms with van der Waals surface area (Å²) in [7, 11) is 0. The summed E-state index contributed by atoms with van der Waals surface area (Å²) in [4.78, 5) is 15.5. The molecule has 0 unspecified atom stereocenters. The van der Waals surface area contributed by atoms with Gasteiger partial charge in [-0.1, -0.05) is 12.1 Å². The number of H-pyrrole nitrogens is 1. The lowest BCUT2D eigenvalue weighted by atomic mass is 10.2. The van der Waals surface area contributed by atoms with E-state index in [-0.39, 0.29) is 0 Å². The molecular weight excluding hydrogens is 240 g/mol. The molecule has 1 aromatic carbocycles. The fraction of sp³-hybridized carbons (Fsp3) is 0.0714. The first kappa shape index (κ1) is 11.4. The van der Waals surface area contributed by atoms with Gasteiger partial charge in [-0.15, -0.1) is 0 Å². The van der Waals surface area contributed by atoms with Crippen molar-refractivity contribution in [2.75, 3.05) is 0 Å². The van der Waals surface area contributed by atoms with Crippen LogP contribution >= 0.6 is 0 Å². The van der Waals surface area contributed by atoms with Crippen LogP contribution in [0.5, 0.6) is 11.8 Å². The molecule has 2 heterocycles. The quantitative estimate of drug-likeness (QED) is 0.778. The molecule has 3 aromatic rings. The minimum atomic E-state index is 0.344. The summed E-state index contributed by atoms with van der Waals surface area (Å²) < 4.78 is 5.63. The van der Waals surface area contributed by atoms with Gasteiger partial charge in [-0.05, 0) is 25.1 Å². The third kappa shape index (κ3) is 2.60. The van der Waals surface area contributed by atoms with Gasteiger partial charge in [0.05, 0.1) is 0 Å². The van der Waals surface area contributed by atoms with Gasteiger partial charge in [0.25, 0.3) is 0 Å². The highest BCUT2D eigenvalue weighted by atomic mass is 16.5. The third-order valence-electron chi connectivity index (χ3n) is 2.59. The number of rotatable bonds is 3. The zero-order chi connectivity index (χ0) is 13.1. The Kier molecular flexibility index (Phi) is 2.94. The van der Waals surface area contributed by atoms with Crippen LogP contribution in [0.4, 0.5) is 0 Å². The average molecular weight is 252 g/mol. The van der Waals surface area contributed by atoms with Crippen molar-refractivity contribution in [1.29, 1.82) is 0 Å². The second-order valence-electron chi connectivity index (χ2n) is 4.05. The molecule has 0 fully saturated rings. The highest BCUT2D eigenvalue weighted by molar-refractivity contribution is 5.57. The van der Waals surface area contributed by atoms with E-state index in [0.29, 0.717) is 11.8 Å². The summed E-state index contributed by atoms with van der Waals surface area (Å²) in [6.45, 7) is 1.90. The molecule has 0 saturated carbocycles. The first-order chi connectivity index (χ1) is 9.31. The molecule has 5 nitrogen and oxygen atoms in total. The fourth-order valence-electron chi connectivity index (χ4n) is 1.71. The summed E-state index contributed by atoms with van der Waals surface area (Å²) in [6.07, 6.45) is 5.17. The predicted molar refractivity (Wildman–Crippen MR) is 70.9 cm³/mol. The van der Waals surface area contributed by atoms with Gasteiger partial charge < -0.3 is 9.72 Å². The molecule has 0 aliphatic carbocycles. The van der Waals surface area contributed by atoms with Gasteiger partial charge >= 0.3 is 6.01 Å². The third-order valence-corrected chi connectivity index (χ3v) is 2.59. The maximum atomic E-state index is 5.63. The van der Waals surface area contributed by atoms with Crippen LogP contribution in [0.15, 0.2) is 48.9 Å².